The van der Waals surface area contributed by atoms with Gasteiger partial charge in [-0.05, 0) is 29.8 Å². The molecular weight excluding hydrogens is 330 g/mol. The lowest BCUT2D eigenvalue weighted by molar-refractivity contribution is -0.123. The fourth-order valence-electron chi connectivity index (χ4n) is 1.50. The predicted molar refractivity (Wildman–Crippen MR) is 84.1 cm³/mol. The van der Waals surface area contributed by atoms with E-state index in [0.29, 0.717) is 16.3 Å². The van der Waals surface area contributed by atoms with Gasteiger partial charge in [0.05, 0.1) is 11.2 Å². The SMILES string of the molecule is O=C(COc1cccc(Cl)c1Cl)NN=Cc1ccc(F)cc1. The van der Waals surface area contributed by atoms with E-state index in [-0.39, 0.29) is 17.4 Å². The van der Waals surface area contributed by atoms with Crippen LogP contribution in [0.15, 0.2) is 47.6 Å². The molecule has 0 heterocycles. The highest BCUT2D eigenvalue weighted by molar-refractivity contribution is 6.42. The van der Waals surface area contributed by atoms with Gasteiger partial charge in [0.1, 0.15) is 16.6 Å². The number of rotatable bonds is 5. The average molecular weight is 341 g/mol. The molecule has 7 heteroatoms. The first-order valence-electron chi connectivity index (χ1n) is 6.20. The highest BCUT2D eigenvalue weighted by Gasteiger charge is 2.07. The van der Waals surface area contributed by atoms with E-state index in [9.17, 15) is 9.18 Å². The Morgan fingerprint density at radius 3 is 2.68 bits per heavy atom. The van der Waals surface area contributed by atoms with Crippen molar-refractivity contribution in [3.63, 3.8) is 0 Å². The molecule has 0 aliphatic rings. The van der Waals surface area contributed by atoms with E-state index in [1.165, 1.54) is 30.5 Å². The molecule has 1 amide bonds. The van der Waals surface area contributed by atoms with Crippen LogP contribution in [0.5, 0.6) is 5.75 Å². The number of ether oxygens (including phenoxy) is 1. The Morgan fingerprint density at radius 1 is 1.23 bits per heavy atom. The molecular formula is C15H11Cl2FN2O2. The Hall–Kier alpha value is -2.11. The van der Waals surface area contributed by atoms with Crippen LogP contribution < -0.4 is 10.2 Å². The number of halogens is 3. The minimum Gasteiger partial charge on any atom is -0.482 e. The van der Waals surface area contributed by atoms with Crippen LogP contribution in [0.3, 0.4) is 0 Å². The smallest absolute Gasteiger partial charge is 0.277 e. The standard InChI is InChI=1S/C15H11Cl2FN2O2/c16-12-2-1-3-13(15(12)17)22-9-14(21)20-19-8-10-4-6-11(18)7-5-10/h1-8H,9H2,(H,20,21). The lowest BCUT2D eigenvalue weighted by Gasteiger charge is -2.07. The highest BCUT2D eigenvalue weighted by atomic mass is 35.5. The number of benzene rings is 2. The summed E-state index contributed by atoms with van der Waals surface area (Å²) in [6.07, 6.45) is 1.39. The molecule has 114 valence electrons. The van der Waals surface area contributed by atoms with Gasteiger partial charge < -0.3 is 4.74 Å². The van der Waals surface area contributed by atoms with E-state index in [1.54, 1.807) is 18.2 Å². The van der Waals surface area contributed by atoms with Gasteiger partial charge in [-0.1, -0.05) is 41.4 Å². The monoisotopic (exact) mass is 340 g/mol. The number of hydrogen-bond acceptors (Lipinski definition) is 3. The molecule has 22 heavy (non-hydrogen) atoms. The molecule has 0 bridgehead atoms. The number of hydrogen-bond donors (Lipinski definition) is 1. The third-order valence-corrected chi connectivity index (χ3v) is 3.35. The second-order valence-electron chi connectivity index (χ2n) is 4.19. The molecule has 0 saturated carbocycles. The summed E-state index contributed by atoms with van der Waals surface area (Å²) < 4.78 is 18.0. The van der Waals surface area contributed by atoms with Crippen molar-refractivity contribution in [3.8, 4) is 5.75 Å². The Morgan fingerprint density at radius 2 is 1.95 bits per heavy atom. The van der Waals surface area contributed by atoms with Gasteiger partial charge in [-0.3, -0.25) is 4.79 Å². The van der Waals surface area contributed by atoms with Gasteiger partial charge in [0.25, 0.3) is 5.91 Å². The van der Waals surface area contributed by atoms with Crippen LogP contribution in [0, 0.1) is 5.82 Å². The summed E-state index contributed by atoms with van der Waals surface area (Å²) in [5, 5.41) is 4.32. The first-order valence-corrected chi connectivity index (χ1v) is 6.96. The third kappa shape index (κ3) is 4.72. The Bertz CT molecular complexity index is 690. The molecule has 2 rings (SSSR count). The van der Waals surface area contributed by atoms with Gasteiger partial charge in [0.2, 0.25) is 0 Å². The lowest BCUT2D eigenvalue weighted by Crippen LogP contribution is -2.24. The Balaban J connectivity index is 1.83. The van der Waals surface area contributed by atoms with Crippen molar-refractivity contribution in [3.05, 3.63) is 63.9 Å². The second-order valence-corrected chi connectivity index (χ2v) is 4.97. The van der Waals surface area contributed by atoms with E-state index >= 15 is 0 Å². The largest absolute Gasteiger partial charge is 0.482 e. The number of carbonyl (C=O) groups excluding carboxylic acids is 1. The van der Waals surface area contributed by atoms with E-state index in [4.69, 9.17) is 27.9 Å². The van der Waals surface area contributed by atoms with Crippen LogP contribution in [-0.4, -0.2) is 18.7 Å². The number of carbonyl (C=O) groups is 1. The van der Waals surface area contributed by atoms with Gasteiger partial charge in [0, 0.05) is 0 Å². The van der Waals surface area contributed by atoms with E-state index in [2.05, 4.69) is 10.5 Å². The zero-order chi connectivity index (χ0) is 15.9. The number of amides is 1. The third-order valence-electron chi connectivity index (χ3n) is 2.55. The molecule has 2 aromatic rings. The van der Waals surface area contributed by atoms with E-state index in [0.717, 1.165) is 0 Å². The molecule has 0 unspecified atom stereocenters. The molecule has 0 aliphatic heterocycles. The molecule has 2 aromatic carbocycles. The Labute approximate surface area is 136 Å². The summed E-state index contributed by atoms with van der Waals surface area (Å²) in [6, 6.07) is 10.5. The maximum absolute atomic E-state index is 12.7. The maximum Gasteiger partial charge on any atom is 0.277 e. The minimum absolute atomic E-state index is 0.242. The molecule has 0 spiro atoms. The van der Waals surface area contributed by atoms with Crippen molar-refractivity contribution < 1.29 is 13.9 Å². The molecule has 4 nitrogen and oxygen atoms in total. The van der Waals surface area contributed by atoms with Gasteiger partial charge >= 0.3 is 0 Å². The summed E-state index contributed by atoms with van der Waals surface area (Å²) >= 11 is 11.8. The molecule has 0 atom stereocenters. The topological polar surface area (TPSA) is 50.7 Å². The van der Waals surface area contributed by atoms with Crippen molar-refractivity contribution in [2.24, 2.45) is 5.10 Å². The average Bonchev–Trinajstić information content (AvgIpc) is 2.51. The second kappa shape index (κ2) is 7.77. The molecule has 1 N–H and O–H groups in total. The van der Waals surface area contributed by atoms with Crippen LogP contribution in [0.25, 0.3) is 0 Å². The maximum atomic E-state index is 12.7. The summed E-state index contributed by atoms with van der Waals surface area (Å²) in [5.74, 6) is -0.491. The fraction of sp³-hybridized carbons (Fsp3) is 0.0667. The van der Waals surface area contributed by atoms with Crippen LogP contribution in [0.1, 0.15) is 5.56 Å². The van der Waals surface area contributed by atoms with Crippen molar-refractivity contribution in [1.82, 2.24) is 5.43 Å². The van der Waals surface area contributed by atoms with Gasteiger partial charge in [0.15, 0.2) is 6.61 Å². The normalized spacial score (nSPS) is 10.7. The first kappa shape index (κ1) is 16.3. The minimum atomic E-state index is -0.464. The van der Waals surface area contributed by atoms with Crippen LogP contribution in [0.4, 0.5) is 4.39 Å². The van der Waals surface area contributed by atoms with Gasteiger partial charge in [-0.2, -0.15) is 5.10 Å². The highest BCUT2D eigenvalue weighted by Crippen LogP contribution is 2.31. The molecule has 0 aromatic heterocycles. The Kier molecular flexibility index (Phi) is 5.75. The fourth-order valence-corrected chi connectivity index (χ4v) is 1.85. The number of hydrazone groups is 1. The number of nitrogens with zero attached hydrogens (tertiary/aromatic N) is 1. The lowest BCUT2D eigenvalue weighted by atomic mass is 10.2. The summed E-state index contributed by atoms with van der Waals surface area (Å²) in [5.41, 5.74) is 2.94. The first-order chi connectivity index (χ1) is 10.6. The molecule has 0 aliphatic carbocycles. The van der Waals surface area contributed by atoms with Crippen molar-refractivity contribution in [2.45, 2.75) is 0 Å². The number of nitrogens with one attached hydrogen (secondary N) is 1. The van der Waals surface area contributed by atoms with Crippen LogP contribution >= 0.6 is 23.2 Å². The van der Waals surface area contributed by atoms with Crippen molar-refractivity contribution in [2.75, 3.05) is 6.61 Å². The predicted octanol–water partition coefficient (Wildman–Crippen LogP) is 3.66. The zero-order valence-corrected chi connectivity index (χ0v) is 12.7. The summed E-state index contributed by atoms with van der Waals surface area (Å²) in [6.45, 7) is -0.263. The molecule has 0 fully saturated rings. The van der Waals surface area contributed by atoms with Crippen molar-refractivity contribution in [1.29, 1.82) is 0 Å². The molecule has 0 saturated heterocycles. The molecule has 0 radical (unpaired) electrons. The summed E-state index contributed by atoms with van der Waals surface area (Å²) in [4.78, 5) is 11.6. The van der Waals surface area contributed by atoms with E-state index < -0.39 is 5.91 Å². The van der Waals surface area contributed by atoms with Crippen LogP contribution in [0.2, 0.25) is 10.0 Å². The van der Waals surface area contributed by atoms with Crippen molar-refractivity contribution >= 4 is 35.3 Å². The summed E-state index contributed by atoms with van der Waals surface area (Å²) in [7, 11) is 0. The van der Waals surface area contributed by atoms with Gasteiger partial charge in [-0.25, -0.2) is 9.82 Å². The van der Waals surface area contributed by atoms with Crippen LogP contribution in [-0.2, 0) is 4.79 Å². The van der Waals surface area contributed by atoms with Gasteiger partial charge in [-0.15, -0.1) is 0 Å². The quantitative estimate of drug-likeness (QED) is 0.667. The van der Waals surface area contributed by atoms with E-state index in [1.807, 2.05) is 0 Å². The zero-order valence-electron chi connectivity index (χ0n) is 11.2.